The molecule has 3 nitrogen and oxygen atoms in total. The van der Waals surface area contributed by atoms with E-state index in [0.29, 0.717) is 35.6 Å². The molecular formula is C24H25F3O3. The zero-order valence-electron chi connectivity index (χ0n) is 17.7. The Balaban J connectivity index is 2.21. The van der Waals surface area contributed by atoms with Gasteiger partial charge in [0.1, 0.15) is 22.8 Å². The van der Waals surface area contributed by atoms with Crippen molar-refractivity contribution in [2.75, 3.05) is 0 Å². The van der Waals surface area contributed by atoms with Gasteiger partial charge in [-0.05, 0) is 56.4 Å². The molecule has 0 bridgehead atoms. The first-order chi connectivity index (χ1) is 13.9. The van der Waals surface area contributed by atoms with E-state index in [9.17, 15) is 23.1 Å². The minimum absolute atomic E-state index is 0.0784. The van der Waals surface area contributed by atoms with Crippen molar-refractivity contribution >= 4 is 11.4 Å². The molecule has 1 unspecified atom stereocenters. The number of aliphatic hydroxyl groups excluding tert-OH is 1. The molecule has 1 aliphatic rings. The third kappa shape index (κ3) is 3.54. The van der Waals surface area contributed by atoms with Gasteiger partial charge in [0, 0.05) is 11.6 Å². The number of halogens is 3. The van der Waals surface area contributed by atoms with Crippen LogP contribution in [0.4, 0.5) is 13.2 Å². The number of hydrogen-bond donors (Lipinski definition) is 1. The number of benzene rings is 2. The fourth-order valence-electron chi connectivity index (χ4n) is 3.85. The van der Waals surface area contributed by atoms with Gasteiger partial charge in [-0.3, -0.25) is 4.79 Å². The highest BCUT2D eigenvalue weighted by atomic mass is 19.2. The van der Waals surface area contributed by atoms with Gasteiger partial charge in [0.2, 0.25) is 0 Å². The average molecular weight is 418 g/mol. The summed E-state index contributed by atoms with van der Waals surface area (Å²) in [5.74, 6) is -3.78. The van der Waals surface area contributed by atoms with E-state index in [2.05, 4.69) is 0 Å². The molecule has 0 aromatic heterocycles. The minimum Gasteiger partial charge on any atom is -0.508 e. The molecule has 0 radical (unpaired) electrons. The number of rotatable bonds is 4. The molecule has 3 rings (SSSR count). The average Bonchev–Trinajstić information content (AvgIpc) is 2.69. The Bertz CT molecular complexity index is 1060. The van der Waals surface area contributed by atoms with Crippen LogP contribution in [-0.4, -0.2) is 22.1 Å². The summed E-state index contributed by atoms with van der Waals surface area (Å²) in [4.78, 5) is 13.2. The number of ether oxygens (including phenoxy) is 1. The molecular weight excluding hydrogens is 393 g/mol. The molecule has 6 heteroatoms. The molecule has 1 N–H and O–H groups in total. The second kappa shape index (κ2) is 7.58. The standard InChI is InChI=1S/C24H25F3O3/c1-6-13-10-14(16-11-18(26)19(27)12-17(16)25)8-9-15(13)20-21(28)23(3,4)30-24(5,7-2)22(20)29/h8-12,28H,6-7H2,1-5H3. The fourth-order valence-corrected chi connectivity index (χ4v) is 3.85. The highest BCUT2D eigenvalue weighted by Crippen LogP contribution is 2.43. The van der Waals surface area contributed by atoms with Gasteiger partial charge in [-0.25, -0.2) is 13.2 Å². The quantitative estimate of drug-likeness (QED) is 0.606. The molecule has 1 aliphatic heterocycles. The summed E-state index contributed by atoms with van der Waals surface area (Å²) in [5.41, 5.74) is -0.533. The predicted molar refractivity (Wildman–Crippen MR) is 110 cm³/mol. The summed E-state index contributed by atoms with van der Waals surface area (Å²) in [6, 6.07) is 6.09. The Kier molecular flexibility index (Phi) is 5.58. The second-order valence-electron chi connectivity index (χ2n) is 8.22. The predicted octanol–water partition coefficient (Wildman–Crippen LogP) is 6.15. The number of carbonyl (C=O) groups excluding carboxylic acids is 1. The molecule has 1 atom stereocenters. The monoisotopic (exact) mass is 418 g/mol. The first-order valence-corrected chi connectivity index (χ1v) is 9.92. The summed E-state index contributed by atoms with van der Waals surface area (Å²) in [6.07, 6.45) is 0.897. The zero-order chi connectivity index (χ0) is 22.4. The van der Waals surface area contributed by atoms with E-state index in [0.717, 1.165) is 6.07 Å². The third-order valence-corrected chi connectivity index (χ3v) is 5.75. The molecule has 0 aliphatic carbocycles. The van der Waals surface area contributed by atoms with Crippen LogP contribution in [0.3, 0.4) is 0 Å². The number of hydrogen-bond acceptors (Lipinski definition) is 3. The first kappa shape index (κ1) is 22.1. The van der Waals surface area contributed by atoms with Crippen molar-refractivity contribution in [2.45, 2.75) is 58.7 Å². The number of aliphatic hydroxyl groups is 1. The van der Waals surface area contributed by atoms with E-state index in [4.69, 9.17) is 4.74 Å². The lowest BCUT2D eigenvalue weighted by atomic mass is 9.79. The van der Waals surface area contributed by atoms with Gasteiger partial charge in [0.25, 0.3) is 0 Å². The lowest BCUT2D eigenvalue weighted by Crippen LogP contribution is -2.51. The molecule has 30 heavy (non-hydrogen) atoms. The minimum atomic E-state index is -1.26. The SMILES string of the molecule is CCc1cc(-c2cc(F)c(F)cc2F)ccc1C1=C(O)C(C)(C)OC(C)(CC)C1=O. The van der Waals surface area contributed by atoms with Gasteiger partial charge in [0.15, 0.2) is 17.4 Å². The molecule has 0 spiro atoms. The number of aryl methyl sites for hydroxylation is 1. The van der Waals surface area contributed by atoms with Gasteiger partial charge in [-0.1, -0.05) is 32.0 Å². The molecule has 0 saturated heterocycles. The number of ketones is 1. The van der Waals surface area contributed by atoms with E-state index < -0.39 is 28.7 Å². The van der Waals surface area contributed by atoms with Crippen LogP contribution >= 0.6 is 0 Å². The van der Waals surface area contributed by atoms with Crippen LogP contribution in [0.25, 0.3) is 16.7 Å². The topological polar surface area (TPSA) is 46.5 Å². The Morgan fingerprint density at radius 2 is 1.57 bits per heavy atom. The van der Waals surface area contributed by atoms with Gasteiger partial charge < -0.3 is 9.84 Å². The maximum atomic E-state index is 14.3. The number of carbonyl (C=O) groups is 1. The third-order valence-electron chi connectivity index (χ3n) is 5.75. The van der Waals surface area contributed by atoms with Crippen LogP contribution in [0.2, 0.25) is 0 Å². The van der Waals surface area contributed by atoms with Crippen LogP contribution < -0.4 is 0 Å². The maximum Gasteiger partial charge on any atom is 0.198 e. The zero-order valence-corrected chi connectivity index (χ0v) is 17.7. The van der Waals surface area contributed by atoms with E-state index in [1.807, 2.05) is 13.8 Å². The van der Waals surface area contributed by atoms with Crippen LogP contribution in [-0.2, 0) is 16.0 Å². The molecule has 2 aromatic rings. The molecule has 0 amide bonds. The van der Waals surface area contributed by atoms with E-state index >= 15 is 0 Å². The number of Topliss-reactive ketones (excluding diaryl/α,β-unsaturated/α-hetero) is 1. The lowest BCUT2D eigenvalue weighted by Gasteiger charge is -2.42. The smallest absolute Gasteiger partial charge is 0.198 e. The highest BCUT2D eigenvalue weighted by Gasteiger charge is 2.48. The maximum absolute atomic E-state index is 14.3. The second-order valence-corrected chi connectivity index (χ2v) is 8.22. The van der Waals surface area contributed by atoms with Crippen molar-refractivity contribution < 1.29 is 27.8 Å². The summed E-state index contributed by atoms with van der Waals surface area (Å²) >= 11 is 0. The Labute approximate surface area is 174 Å². The molecule has 1 heterocycles. The van der Waals surface area contributed by atoms with Crippen LogP contribution in [0.1, 0.15) is 52.2 Å². The van der Waals surface area contributed by atoms with Crippen LogP contribution in [0, 0.1) is 17.5 Å². The van der Waals surface area contributed by atoms with Gasteiger partial charge in [-0.2, -0.15) is 0 Å². The van der Waals surface area contributed by atoms with E-state index in [-0.39, 0.29) is 22.7 Å². The lowest BCUT2D eigenvalue weighted by molar-refractivity contribution is -0.163. The van der Waals surface area contributed by atoms with Crippen LogP contribution in [0.5, 0.6) is 0 Å². The first-order valence-electron chi connectivity index (χ1n) is 9.92. The summed E-state index contributed by atoms with van der Waals surface area (Å²) in [6.45, 7) is 8.78. The van der Waals surface area contributed by atoms with Crippen molar-refractivity contribution in [3.63, 3.8) is 0 Å². The Morgan fingerprint density at radius 3 is 2.17 bits per heavy atom. The molecule has 0 fully saturated rings. The summed E-state index contributed by atoms with van der Waals surface area (Å²) in [5, 5.41) is 10.8. The van der Waals surface area contributed by atoms with Crippen molar-refractivity contribution in [3.05, 3.63) is 64.7 Å². The van der Waals surface area contributed by atoms with Crippen molar-refractivity contribution in [1.82, 2.24) is 0 Å². The summed E-state index contributed by atoms with van der Waals surface area (Å²) < 4.78 is 47.1. The van der Waals surface area contributed by atoms with E-state index in [1.54, 1.807) is 32.9 Å². The van der Waals surface area contributed by atoms with Gasteiger partial charge in [0.05, 0.1) is 5.57 Å². The Morgan fingerprint density at radius 1 is 0.933 bits per heavy atom. The normalized spacial score (nSPS) is 21.3. The van der Waals surface area contributed by atoms with Gasteiger partial charge >= 0.3 is 0 Å². The van der Waals surface area contributed by atoms with Gasteiger partial charge in [-0.15, -0.1) is 0 Å². The fraction of sp³-hybridized carbons (Fsp3) is 0.375. The van der Waals surface area contributed by atoms with Crippen molar-refractivity contribution in [3.8, 4) is 11.1 Å². The molecule has 2 aromatic carbocycles. The molecule has 0 saturated carbocycles. The summed E-state index contributed by atoms with van der Waals surface area (Å²) in [7, 11) is 0. The Hall–Kier alpha value is -2.60. The highest BCUT2D eigenvalue weighted by molar-refractivity contribution is 6.26. The van der Waals surface area contributed by atoms with Crippen LogP contribution in [0.15, 0.2) is 36.1 Å². The van der Waals surface area contributed by atoms with E-state index in [1.165, 1.54) is 6.07 Å². The molecule has 160 valence electrons. The van der Waals surface area contributed by atoms with Crippen molar-refractivity contribution in [1.29, 1.82) is 0 Å². The van der Waals surface area contributed by atoms with Crippen molar-refractivity contribution in [2.24, 2.45) is 0 Å². The largest absolute Gasteiger partial charge is 0.508 e.